The first-order chi connectivity index (χ1) is 5.45. The number of Topliss-reactive ketones (excluding diaryl/α,β-unsaturated/α-hetero) is 1. The molecule has 0 saturated heterocycles. The maximum absolute atomic E-state index is 10.9. The molecule has 0 aromatic carbocycles. The highest BCUT2D eigenvalue weighted by Crippen LogP contribution is 2.23. The van der Waals surface area contributed by atoms with Crippen LogP contribution >= 0.6 is 11.8 Å². The number of hydrogen-bond donors (Lipinski definition) is 0. The van der Waals surface area contributed by atoms with Crippen LogP contribution < -0.4 is 0 Å². The van der Waals surface area contributed by atoms with E-state index >= 15 is 0 Å². The lowest BCUT2D eigenvalue weighted by Gasteiger charge is -2.16. The van der Waals surface area contributed by atoms with E-state index in [1.54, 1.807) is 0 Å². The van der Waals surface area contributed by atoms with Crippen LogP contribution in [-0.2, 0) is 4.79 Å². The Labute approximate surface area is 80.3 Å². The summed E-state index contributed by atoms with van der Waals surface area (Å²) in [5.74, 6) is 1.50. The van der Waals surface area contributed by atoms with E-state index in [1.807, 2.05) is 18.7 Å². The lowest BCUT2D eigenvalue weighted by atomic mass is 10.2. The summed E-state index contributed by atoms with van der Waals surface area (Å²) >= 11 is 1.93. The van der Waals surface area contributed by atoms with Crippen LogP contribution in [0.15, 0.2) is 0 Å². The Hall–Kier alpha value is 0.0200. The summed E-state index contributed by atoms with van der Waals surface area (Å²) in [5.41, 5.74) is 0. The SMILES string of the molecule is CCC(=O)CCCSC(C)(C)C. The number of ketones is 1. The first-order valence-electron chi connectivity index (χ1n) is 4.61. The maximum Gasteiger partial charge on any atom is 0.132 e. The summed E-state index contributed by atoms with van der Waals surface area (Å²) in [7, 11) is 0. The Morgan fingerprint density at radius 3 is 2.33 bits per heavy atom. The minimum atomic E-state index is 0.343. The molecule has 0 N–H and O–H groups in total. The van der Waals surface area contributed by atoms with Gasteiger partial charge in [-0.25, -0.2) is 0 Å². The molecule has 0 aromatic rings. The quantitative estimate of drug-likeness (QED) is 0.616. The summed E-state index contributed by atoms with van der Waals surface area (Å²) in [6, 6.07) is 0. The first kappa shape index (κ1) is 12.0. The third kappa shape index (κ3) is 8.12. The standard InChI is InChI=1S/C10H20OS/c1-5-9(11)7-6-8-12-10(2,3)4/h5-8H2,1-4H3. The Bertz CT molecular complexity index is 135. The van der Waals surface area contributed by atoms with Gasteiger partial charge < -0.3 is 0 Å². The van der Waals surface area contributed by atoms with Crippen molar-refractivity contribution in [3.63, 3.8) is 0 Å². The van der Waals surface area contributed by atoms with E-state index in [9.17, 15) is 4.79 Å². The van der Waals surface area contributed by atoms with Crippen molar-refractivity contribution in [3.05, 3.63) is 0 Å². The zero-order chi connectivity index (χ0) is 9.61. The van der Waals surface area contributed by atoms with E-state index < -0.39 is 0 Å². The van der Waals surface area contributed by atoms with Gasteiger partial charge in [-0.15, -0.1) is 0 Å². The van der Waals surface area contributed by atoms with E-state index in [1.165, 1.54) is 0 Å². The molecule has 1 nitrogen and oxygen atoms in total. The second kappa shape index (κ2) is 5.63. The Morgan fingerprint density at radius 2 is 1.92 bits per heavy atom. The predicted octanol–water partition coefficient (Wildman–Crippen LogP) is 3.28. The van der Waals surface area contributed by atoms with Gasteiger partial charge in [-0.3, -0.25) is 4.79 Å². The lowest BCUT2D eigenvalue weighted by Crippen LogP contribution is -2.08. The molecule has 0 rings (SSSR count). The number of thioether (sulfide) groups is 1. The fourth-order valence-electron chi connectivity index (χ4n) is 0.824. The van der Waals surface area contributed by atoms with Gasteiger partial charge in [0.25, 0.3) is 0 Å². The molecule has 0 fully saturated rings. The van der Waals surface area contributed by atoms with Crippen LogP contribution in [0.2, 0.25) is 0 Å². The molecule has 2 heteroatoms. The lowest BCUT2D eigenvalue weighted by molar-refractivity contribution is -0.118. The molecule has 0 aliphatic heterocycles. The Morgan fingerprint density at radius 1 is 1.33 bits per heavy atom. The van der Waals surface area contributed by atoms with E-state index in [2.05, 4.69) is 20.8 Å². The molecule has 72 valence electrons. The molecule has 0 radical (unpaired) electrons. The van der Waals surface area contributed by atoms with Gasteiger partial charge in [0.15, 0.2) is 0 Å². The first-order valence-corrected chi connectivity index (χ1v) is 5.60. The van der Waals surface area contributed by atoms with Crippen molar-refractivity contribution in [3.8, 4) is 0 Å². The highest BCUT2D eigenvalue weighted by molar-refractivity contribution is 8.00. The van der Waals surface area contributed by atoms with Crippen LogP contribution in [0.25, 0.3) is 0 Å². The molecule has 12 heavy (non-hydrogen) atoms. The van der Waals surface area contributed by atoms with Crippen LogP contribution in [0.3, 0.4) is 0 Å². The van der Waals surface area contributed by atoms with Gasteiger partial charge in [-0.05, 0) is 12.2 Å². The third-order valence-electron chi connectivity index (χ3n) is 1.53. The minimum Gasteiger partial charge on any atom is -0.300 e. The molecule has 0 aliphatic rings. The van der Waals surface area contributed by atoms with Gasteiger partial charge in [-0.2, -0.15) is 11.8 Å². The van der Waals surface area contributed by atoms with Crippen molar-refractivity contribution in [1.29, 1.82) is 0 Å². The zero-order valence-electron chi connectivity index (χ0n) is 8.64. The Balaban J connectivity index is 3.28. The van der Waals surface area contributed by atoms with Crippen molar-refractivity contribution in [2.75, 3.05) is 5.75 Å². The molecular weight excluding hydrogens is 168 g/mol. The zero-order valence-corrected chi connectivity index (χ0v) is 9.46. The summed E-state index contributed by atoms with van der Waals surface area (Å²) in [5, 5.41) is 0. The van der Waals surface area contributed by atoms with Crippen molar-refractivity contribution < 1.29 is 4.79 Å². The van der Waals surface area contributed by atoms with Crippen LogP contribution in [0.1, 0.15) is 47.0 Å². The molecule has 0 aliphatic carbocycles. The van der Waals surface area contributed by atoms with Gasteiger partial charge >= 0.3 is 0 Å². The van der Waals surface area contributed by atoms with Crippen molar-refractivity contribution in [1.82, 2.24) is 0 Å². The molecule has 0 saturated carbocycles. The second-order valence-electron chi connectivity index (χ2n) is 3.96. The summed E-state index contributed by atoms with van der Waals surface area (Å²) in [4.78, 5) is 10.9. The Kier molecular flexibility index (Phi) is 5.64. The smallest absolute Gasteiger partial charge is 0.132 e. The monoisotopic (exact) mass is 188 g/mol. The summed E-state index contributed by atoms with van der Waals surface area (Å²) < 4.78 is 0.343. The highest BCUT2D eigenvalue weighted by Gasteiger charge is 2.09. The van der Waals surface area contributed by atoms with Gasteiger partial charge in [0, 0.05) is 17.6 Å². The van der Waals surface area contributed by atoms with E-state index in [0.29, 0.717) is 17.0 Å². The third-order valence-corrected chi connectivity index (χ3v) is 2.89. The minimum absolute atomic E-state index is 0.343. The number of rotatable bonds is 5. The average molecular weight is 188 g/mol. The number of carbonyl (C=O) groups is 1. The number of carbonyl (C=O) groups excluding carboxylic acids is 1. The molecular formula is C10H20OS. The van der Waals surface area contributed by atoms with Gasteiger partial charge in [0.2, 0.25) is 0 Å². The fourth-order valence-corrected chi connectivity index (χ4v) is 1.73. The van der Waals surface area contributed by atoms with E-state index in [4.69, 9.17) is 0 Å². The molecule has 0 spiro atoms. The summed E-state index contributed by atoms with van der Waals surface area (Å²) in [6.45, 7) is 8.55. The molecule has 0 aromatic heterocycles. The van der Waals surface area contributed by atoms with Gasteiger partial charge in [0.1, 0.15) is 5.78 Å². The van der Waals surface area contributed by atoms with Crippen molar-refractivity contribution in [2.45, 2.75) is 51.7 Å². The molecule has 0 bridgehead atoms. The topological polar surface area (TPSA) is 17.1 Å². The molecule has 0 atom stereocenters. The van der Waals surface area contributed by atoms with E-state index in [0.717, 1.165) is 18.6 Å². The van der Waals surface area contributed by atoms with Crippen molar-refractivity contribution >= 4 is 17.5 Å². The molecule has 0 unspecified atom stereocenters. The largest absolute Gasteiger partial charge is 0.300 e. The summed E-state index contributed by atoms with van der Waals surface area (Å²) in [6.07, 6.45) is 2.49. The molecule has 0 heterocycles. The fraction of sp³-hybridized carbons (Fsp3) is 0.900. The highest BCUT2D eigenvalue weighted by atomic mass is 32.2. The van der Waals surface area contributed by atoms with Gasteiger partial charge in [0.05, 0.1) is 0 Å². The molecule has 0 amide bonds. The van der Waals surface area contributed by atoms with Gasteiger partial charge in [-0.1, -0.05) is 27.7 Å². The second-order valence-corrected chi connectivity index (χ2v) is 5.88. The number of hydrogen-bond acceptors (Lipinski definition) is 2. The predicted molar refractivity (Wildman–Crippen MR) is 56.7 cm³/mol. The van der Waals surface area contributed by atoms with Crippen LogP contribution in [0.5, 0.6) is 0 Å². The van der Waals surface area contributed by atoms with Crippen LogP contribution in [0.4, 0.5) is 0 Å². The van der Waals surface area contributed by atoms with Crippen LogP contribution in [0, 0.1) is 0 Å². The van der Waals surface area contributed by atoms with Crippen molar-refractivity contribution in [2.24, 2.45) is 0 Å². The normalized spacial score (nSPS) is 11.7. The maximum atomic E-state index is 10.9. The average Bonchev–Trinajstić information content (AvgIpc) is 1.96. The van der Waals surface area contributed by atoms with E-state index in [-0.39, 0.29) is 0 Å². The van der Waals surface area contributed by atoms with Crippen LogP contribution in [-0.4, -0.2) is 16.3 Å².